The van der Waals surface area contributed by atoms with E-state index < -0.39 is 28.3 Å². The van der Waals surface area contributed by atoms with Crippen LogP contribution in [0.1, 0.15) is 52.2 Å². The van der Waals surface area contributed by atoms with Crippen LogP contribution in [-0.4, -0.2) is 41.1 Å². The number of halogens is 2. The smallest absolute Gasteiger partial charge is 0.241 e. The second-order valence-corrected chi connectivity index (χ2v) is 16.4. The molecule has 0 aliphatic carbocycles. The highest BCUT2D eigenvalue weighted by atomic mass is 35.5. The van der Waals surface area contributed by atoms with Crippen molar-refractivity contribution in [3.8, 4) is 11.1 Å². The molecule has 10 nitrogen and oxygen atoms in total. The van der Waals surface area contributed by atoms with E-state index in [2.05, 4.69) is 15.0 Å². The molecule has 1 aliphatic heterocycles. The minimum atomic E-state index is -3.99. The van der Waals surface area contributed by atoms with Gasteiger partial charge in [0.25, 0.3) is 0 Å². The van der Waals surface area contributed by atoms with E-state index in [0.717, 1.165) is 44.5 Å². The van der Waals surface area contributed by atoms with Crippen LogP contribution in [-0.2, 0) is 50.4 Å². The zero-order valence-electron chi connectivity index (χ0n) is 31.1. The number of aliphatic hydroxyl groups excluding tert-OH is 1. The number of rotatable bonds is 14. The number of benzene rings is 5. The maximum atomic E-state index is 13.8. The van der Waals surface area contributed by atoms with Gasteiger partial charge in [0.1, 0.15) is 11.2 Å². The largest absolute Gasteiger partial charge is 0.392 e. The van der Waals surface area contributed by atoms with Crippen LogP contribution in [0.5, 0.6) is 0 Å². The van der Waals surface area contributed by atoms with Gasteiger partial charge in [-0.15, -0.1) is 0 Å². The van der Waals surface area contributed by atoms with Crippen molar-refractivity contribution in [2.45, 2.75) is 68.9 Å². The van der Waals surface area contributed by atoms with E-state index in [1.807, 2.05) is 110 Å². The predicted molar refractivity (Wildman–Crippen MR) is 220 cm³/mol. The topological polar surface area (TPSA) is 132 Å². The lowest BCUT2D eigenvalue weighted by molar-refractivity contribution is -0.252. The molecule has 1 fully saturated rings. The number of imidazole rings is 1. The number of nitrogens with zero attached hydrogens (tertiary/aromatic N) is 2. The number of aliphatic hydroxyl groups is 1. The second kappa shape index (κ2) is 18.2. The number of sulfonamides is 1. The standard InChI is InChI=1S/C44H42Cl2N4O6S/c1-29-11-21-37(22-12-29)57(53,54)49-39(23-30-7-3-2-4-8-30)43(52)47-25-35-9-5-6-10-38(35)32-17-19-34(20-18-32)44-55-36(26-50-28-48-41(45)42(50)46)24-40(56-44)33-15-13-31(27-51)14-16-33/h2-22,28,36,39-40,44,49,51H,23-27H2,1H3,(H,47,52)/t36-,39+,40+,44+/m0/s1. The van der Waals surface area contributed by atoms with Crippen molar-refractivity contribution in [3.63, 3.8) is 0 Å². The Labute approximate surface area is 342 Å². The van der Waals surface area contributed by atoms with Gasteiger partial charge in [-0.3, -0.25) is 4.79 Å². The van der Waals surface area contributed by atoms with E-state index in [0.29, 0.717) is 18.1 Å². The van der Waals surface area contributed by atoms with E-state index >= 15 is 0 Å². The minimum absolute atomic E-state index is 0.0489. The third kappa shape index (κ3) is 10.0. The Morgan fingerprint density at radius 1 is 0.860 bits per heavy atom. The number of ether oxygens (including phenoxy) is 2. The highest BCUT2D eigenvalue weighted by Crippen LogP contribution is 2.39. The van der Waals surface area contributed by atoms with Gasteiger partial charge in [0.15, 0.2) is 11.4 Å². The molecule has 6 aromatic rings. The molecule has 0 unspecified atom stereocenters. The number of nitrogens with one attached hydrogen (secondary N) is 2. The average molecular weight is 826 g/mol. The van der Waals surface area contributed by atoms with Gasteiger partial charge in [0, 0.05) is 18.5 Å². The molecule has 7 rings (SSSR count). The first kappa shape index (κ1) is 40.4. The van der Waals surface area contributed by atoms with Crippen molar-refractivity contribution in [2.24, 2.45) is 0 Å². The van der Waals surface area contributed by atoms with Crippen LogP contribution in [0.4, 0.5) is 0 Å². The molecule has 1 saturated heterocycles. The Kier molecular flexibility index (Phi) is 12.9. The van der Waals surface area contributed by atoms with Crippen molar-refractivity contribution < 1.29 is 27.8 Å². The molecule has 57 heavy (non-hydrogen) atoms. The summed E-state index contributed by atoms with van der Waals surface area (Å²) in [4.78, 5) is 18.0. The van der Waals surface area contributed by atoms with Gasteiger partial charge in [-0.2, -0.15) is 4.72 Å². The molecule has 3 N–H and O–H groups in total. The summed E-state index contributed by atoms with van der Waals surface area (Å²) in [5, 5.41) is 13.1. The zero-order chi connectivity index (χ0) is 39.9. The summed E-state index contributed by atoms with van der Waals surface area (Å²) in [5.41, 5.74) is 7.00. The summed E-state index contributed by atoms with van der Waals surface area (Å²) in [6.45, 7) is 2.42. The monoisotopic (exact) mass is 824 g/mol. The number of carbonyl (C=O) groups is 1. The van der Waals surface area contributed by atoms with Gasteiger partial charge in [-0.05, 0) is 58.9 Å². The molecular formula is C44H42Cl2N4O6S. The Hall–Kier alpha value is -4.85. The predicted octanol–water partition coefficient (Wildman–Crippen LogP) is 8.11. The molecule has 294 valence electrons. The molecule has 1 aliphatic rings. The molecule has 1 amide bonds. The van der Waals surface area contributed by atoms with Gasteiger partial charge in [-0.1, -0.05) is 144 Å². The summed E-state index contributed by atoms with van der Waals surface area (Å²) < 4.78 is 44.2. The lowest BCUT2D eigenvalue weighted by Crippen LogP contribution is -2.47. The lowest BCUT2D eigenvalue weighted by Gasteiger charge is -2.36. The molecule has 4 atom stereocenters. The summed E-state index contributed by atoms with van der Waals surface area (Å²) in [5.74, 6) is -0.444. The normalized spacial score (nSPS) is 17.6. The first-order chi connectivity index (χ1) is 27.6. The number of hydrogen-bond donors (Lipinski definition) is 3. The average Bonchev–Trinajstić information content (AvgIpc) is 3.55. The van der Waals surface area contributed by atoms with E-state index in [1.54, 1.807) is 23.0 Å². The van der Waals surface area contributed by atoms with Crippen LogP contribution >= 0.6 is 23.2 Å². The van der Waals surface area contributed by atoms with Gasteiger partial charge in [0.05, 0.1) is 36.6 Å². The third-order valence-corrected chi connectivity index (χ3v) is 12.2. The Balaban J connectivity index is 1.08. The van der Waals surface area contributed by atoms with Crippen molar-refractivity contribution in [3.05, 3.63) is 177 Å². The van der Waals surface area contributed by atoms with Crippen LogP contribution in [0, 0.1) is 6.92 Å². The van der Waals surface area contributed by atoms with Crippen LogP contribution in [0.3, 0.4) is 0 Å². The first-order valence-electron chi connectivity index (χ1n) is 18.5. The maximum absolute atomic E-state index is 13.8. The molecule has 5 aromatic carbocycles. The minimum Gasteiger partial charge on any atom is -0.392 e. The van der Waals surface area contributed by atoms with Crippen molar-refractivity contribution in [1.29, 1.82) is 0 Å². The molecule has 2 heterocycles. The molecular weight excluding hydrogens is 783 g/mol. The summed E-state index contributed by atoms with van der Waals surface area (Å²) in [7, 11) is -3.99. The lowest BCUT2D eigenvalue weighted by atomic mass is 9.97. The van der Waals surface area contributed by atoms with Crippen LogP contribution in [0.25, 0.3) is 11.1 Å². The quantitative estimate of drug-likeness (QED) is 0.101. The fourth-order valence-corrected chi connectivity index (χ4v) is 8.32. The third-order valence-electron chi connectivity index (χ3n) is 9.94. The molecule has 0 bridgehead atoms. The SMILES string of the molecule is Cc1ccc(S(=O)(=O)N[C@H](Cc2ccccc2)C(=O)NCc2ccccc2-c2ccc([C@@H]3O[C@H](Cn4cnc(Cl)c4Cl)C[C@H](c4ccc(CO)cc4)O3)cc2)cc1. The van der Waals surface area contributed by atoms with Gasteiger partial charge in [0.2, 0.25) is 15.9 Å². The number of amides is 1. The molecule has 0 radical (unpaired) electrons. The number of hydrogen-bond acceptors (Lipinski definition) is 7. The van der Waals surface area contributed by atoms with E-state index in [-0.39, 0.29) is 41.8 Å². The van der Waals surface area contributed by atoms with Gasteiger partial charge < -0.3 is 24.5 Å². The molecule has 0 spiro atoms. The maximum Gasteiger partial charge on any atom is 0.241 e. The van der Waals surface area contributed by atoms with Crippen LogP contribution < -0.4 is 10.0 Å². The molecule has 0 saturated carbocycles. The summed E-state index contributed by atoms with van der Waals surface area (Å²) >= 11 is 12.5. The Morgan fingerprint density at radius 2 is 1.54 bits per heavy atom. The van der Waals surface area contributed by atoms with E-state index in [4.69, 9.17) is 32.7 Å². The highest BCUT2D eigenvalue weighted by Gasteiger charge is 2.33. The van der Waals surface area contributed by atoms with Crippen molar-refractivity contribution >= 4 is 39.1 Å². The Morgan fingerprint density at radius 3 is 2.23 bits per heavy atom. The van der Waals surface area contributed by atoms with Crippen LogP contribution in [0.2, 0.25) is 10.3 Å². The zero-order valence-corrected chi connectivity index (χ0v) is 33.4. The van der Waals surface area contributed by atoms with Gasteiger partial charge >= 0.3 is 0 Å². The highest BCUT2D eigenvalue weighted by molar-refractivity contribution is 7.89. The fourth-order valence-electron chi connectivity index (χ4n) is 6.81. The fraction of sp³-hybridized carbons (Fsp3) is 0.227. The number of aromatic nitrogens is 2. The summed E-state index contributed by atoms with van der Waals surface area (Å²) in [6, 6.07) is 38.1. The second-order valence-electron chi connectivity index (χ2n) is 14.0. The van der Waals surface area contributed by atoms with E-state index in [1.165, 1.54) is 12.1 Å². The number of carbonyl (C=O) groups excluding carboxylic acids is 1. The molecule has 1 aromatic heterocycles. The number of aryl methyl sites for hydroxylation is 1. The van der Waals surface area contributed by atoms with Crippen LogP contribution in [0.15, 0.2) is 139 Å². The van der Waals surface area contributed by atoms with Crippen molar-refractivity contribution in [1.82, 2.24) is 19.6 Å². The van der Waals surface area contributed by atoms with Gasteiger partial charge in [-0.25, -0.2) is 13.4 Å². The first-order valence-corrected chi connectivity index (χ1v) is 20.8. The Bertz CT molecular complexity index is 2390. The molecule has 13 heteroatoms. The summed E-state index contributed by atoms with van der Waals surface area (Å²) in [6.07, 6.45) is 1.03. The van der Waals surface area contributed by atoms with Crippen molar-refractivity contribution in [2.75, 3.05) is 0 Å². The van der Waals surface area contributed by atoms with E-state index in [9.17, 15) is 18.3 Å².